The maximum Gasteiger partial charge on any atom is 0.0381 e. The van der Waals surface area contributed by atoms with Gasteiger partial charge in [0.2, 0.25) is 0 Å². The van der Waals surface area contributed by atoms with Crippen molar-refractivity contribution < 1.29 is 0 Å². The van der Waals surface area contributed by atoms with Crippen LogP contribution in [0.25, 0.3) is 0 Å². The molecule has 3 rings (SSSR count). The van der Waals surface area contributed by atoms with Crippen molar-refractivity contribution in [1.82, 2.24) is 4.90 Å². The normalized spacial score (nSPS) is 24.3. The Morgan fingerprint density at radius 1 is 1.22 bits per heavy atom. The van der Waals surface area contributed by atoms with Crippen molar-refractivity contribution in [1.29, 1.82) is 0 Å². The number of piperazine rings is 1. The van der Waals surface area contributed by atoms with E-state index in [-0.39, 0.29) is 0 Å². The Hall–Kier alpha value is -0.580. The quantitative estimate of drug-likeness (QED) is 0.909. The molecule has 98 valence electrons. The molecule has 1 aromatic carbocycles. The minimum absolute atomic E-state index is 0.607. The molecule has 1 atom stereocenters. The summed E-state index contributed by atoms with van der Waals surface area (Å²) in [5, 5.41) is 0. The molecule has 4 heteroatoms. The van der Waals surface area contributed by atoms with Crippen molar-refractivity contribution in [2.75, 3.05) is 31.1 Å². The third kappa shape index (κ3) is 2.42. The second-order valence-corrected chi connectivity index (χ2v) is 6.22. The standard InChI is InChI=1S/C14H20BrN3/c15-12-6-11(9-16)7-14(8-12)18-5-4-17-3-1-2-13(17)10-18/h6-8,13H,1-5,9-10,16H2. The van der Waals surface area contributed by atoms with E-state index < -0.39 is 0 Å². The lowest BCUT2D eigenvalue weighted by Crippen LogP contribution is -2.50. The maximum atomic E-state index is 5.76. The summed E-state index contributed by atoms with van der Waals surface area (Å²) >= 11 is 3.58. The smallest absolute Gasteiger partial charge is 0.0381 e. The van der Waals surface area contributed by atoms with Gasteiger partial charge in [0.1, 0.15) is 0 Å². The monoisotopic (exact) mass is 309 g/mol. The van der Waals surface area contributed by atoms with Crippen molar-refractivity contribution in [3.63, 3.8) is 0 Å². The van der Waals surface area contributed by atoms with Crippen LogP contribution in [-0.2, 0) is 6.54 Å². The molecule has 0 aliphatic carbocycles. The second-order valence-electron chi connectivity index (χ2n) is 5.30. The summed E-state index contributed by atoms with van der Waals surface area (Å²) in [6, 6.07) is 7.31. The first kappa shape index (κ1) is 12.5. The summed E-state index contributed by atoms with van der Waals surface area (Å²) in [7, 11) is 0. The Morgan fingerprint density at radius 3 is 2.94 bits per heavy atom. The lowest BCUT2D eigenvalue weighted by molar-refractivity contribution is 0.231. The third-order valence-electron chi connectivity index (χ3n) is 4.13. The highest BCUT2D eigenvalue weighted by molar-refractivity contribution is 9.10. The predicted molar refractivity (Wildman–Crippen MR) is 78.8 cm³/mol. The van der Waals surface area contributed by atoms with E-state index in [0.29, 0.717) is 6.54 Å². The van der Waals surface area contributed by atoms with Crippen LogP contribution in [0, 0.1) is 0 Å². The fourth-order valence-corrected chi connectivity index (χ4v) is 3.69. The van der Waals surface area contributed by atoms with Crippen molar-refractivity contribution in [3.8, 4) is 0 Å². The van der Waals surface area contributed by atoms with Crippen LogP contribution >= 0.6 is 15.9 Å². The van der Waals surface area contributed by atoms with Crippen molar-refractivity contribution in [2.24, 2.45) is 5.73 Å². The molecule has 2 saturated heterocycles. The molecule has 0 bridgehead atoms. The molecule has 2 N–H and O–H groups in total. The lowest BCUT2D eigenvalue weighted by Gasteiger charge is -2.39. The van der Waals surface area contributed by atoms with Crippen LogP contribution in [0.15, 0.2) is 22.7 Å². The van der Waals surface area contributed by atoms with E-state index in [1.807, 2.05) is 0 Å². The number of hydrogen-bond donors (Lipinski definition) is 1. The molecule has 0 radical (unpaired) electrons. The number of rotatable bonds is 2. The van der Waals surface area contributed by atoms with Crippen molar-refractivity contribution in [3.05, 3.63) is 28.2 Å². The number of nitrogens with zero attached hydrogens (tertiary/aromatic N) is 2. The first-order chi connectivity index (χ1) is 8.76. The number of fused-ring (bicyclic) bond motifs is 1. The zero-order valence-corrected chi connectivity index (χ0v) is 12.2. The van der Waals surface area contributed by atoms with Crippen molar-refractivity contribution >= 4 is 21.6 Å². The van der Waals surface area contributed by atoms with Gasteiger partial charge in [-0.2, -0.15) is 0 Å². The molecule has 2 aliphatic heterocycles. The highest BCUT2D eigenvalue weighted by Crippen LogP contribution is 2.28. The van der Waals surface area contributed by atoms with Gasteiger partial charge in [-0.05, 0) is 43.1 Å². The van der Waals surface area contributed by atoms with E-state index >= 15 is 0 Å². The summed E-state index contributed by atoms with van der Waals surface area (Å²) in [6.07, 6.45) is 2.72. The van der Waals surface area contributed by atoms with Crippen LogP contribution in [0.5, 0.6) is 0 Å². The van der Waals surface area contributed by atoms with Gasteiger partial charge in [0.05, 0.1) is 0 Å². The van der Waals surface area contributed by atoms with Gasteiger partial charge < -0.3 is 10.6 Å². The SMILES string of the molecule is NCc1cc(Br)cc(N2CCN3CCCC3C2)c1. The Labute approximate surface area is 117 Å². The molecule has 2 aliphatic rings. The van der Waals surface area contributed by atoms with Crippen LogP contribution in [0.2, 0.25) is 0 Å². The number of benzene rings is 1. The topological polar surface area (TPSA) is 32.5 Å². The fourth-order valence-electron chi connectivity index (χ4n) is 3.16. The molecule has 0 saturated carbocycles. The molecular weight excluding hydrogens is 290 g/mol. The third-order valence-corrected chi connectivity index (χ3v) is 4.59. The van der Waals surface area contributed by atoms with E-state index in [1.165, 1.54) is 43.7 Å². The van der Waals surface area contributed by atoms with Gasteiger partial charge in [-0.15, -0.1) is 0 Å². The molecule has 0 amide bonds. The Balaban J connectivity index is 1.80. The first-order valence-electron chi connectivity index (χ1n) is 6.75. The van der Waals surface area contributed by atoms with Crippen molar-refractivity contribution in [2.45, 2.75) is 25.4 Å². The van der Waals surface area contributed by atoms with Crippen LogP contribution in [-0.4, -0.2) is 37.1 Å². The van der Waals surface area contributed by atoms with Crippen LogP contribution in [0.1, 0.15) is 18.4 Å². The highest BCUT2D eigenvalue weighted by atomic mass is 79.9. The zero-order chi connectivity index (χ0) is 12.5. The zero-order valence-electron chi connectivity index (χ0n) is 10.6. The molecule has 1 unspecified atom stereocenters. The number of halogens is 1. The van der Waals surface area contributed by atoms with Gasteiger partial charge in [-0.25, -0.2) is 0 Å². The van der Waals surface area contributed by atoms with Gasteiger partial charge in [-0.1, -0.05) is 15.9 Å². The van der Waals surface area contributed by atoms with Gasteiger partial charge in [-0.3, -0.25) is 4.90 Å². The second kappa shape index (κ2) is 5.19. The lowest BCUT2D eigenvalue weighted by atomic mass is 10.1. The number of anilines is 1. The Kier molecular flexibility index (Phi) is 3.59. The van der Waals surface area contributed by atoms with E-state index in [9.17, 15) is 0 Å². The minimum atomic E-state index is 0.607. The summed E-state index contributed by atoms with van der Waals surface area (Å²) in [5.74, 6) is 0. The van der Waals surface area contributed by atoms with Gasteiger partial charge in [0, 0.05) is 42.4 Å². The minimum Gasteiger partial charge on any atom is -0.369 e. The Bertz CT molecular complexity index is 435. The fraction of sp³-hybridized carbons (Fsp3) is 0.571. The summed E-state index contributed by atoms with van der Waals surface area (Å²) in [5.41, 5.74) is 8.27. The van der Waals surface area contributed by atoms with E-state index in [2.05, 4.69) is 43.9 Å². The van der Waals surface area contributed by atoms with Gasteiger partial charge >= 0.3 is 0 Å². The molecule has 2 fully saturated rings. The first-order valence-corrected chi connectivity index (χ1v) is 7.54. The van der Waals surface area contributed by atoms with Gasteiger partial charge in [0.25, 0.3) is 0 Å². The predicted octanol–water partition coefficient (Wildman–Crippen LogP) is 2.19. The Morgan fingerprint density at radius 2 is 2.11 bits per heavy atom. The summed E-state index contributed by atoms with van der Waals surface area (Å²) < 4.78 is 1.13. The van der Waals surface area contributed by atoms with Crippen LogP contribution in [0.3, 0.4) is 0 Å². The summed E-state index contributed by atoms with van der Waals surface area (Å²) in [6.45, 7) is 5.41. The number of hydrogen-bond acceptors (Lipinski definition) is 3. The van der Waals surface area contributed by atoms with Crippen LogP contribution in [0.4, 0.5) is 5.69 Å². The summed E-state index contributed by atoms with van der Waals surface area (Å²) in [4.78, 5) is 5.15. The maximum absolute atomic E-state index is 5.76. The highest BCUT2D eigenvalue weighted by Gasteiger charge is 2.30. The average Bonchev–Trinajstić information content (AvgIpc) is 2.85. The molecule has 0 spiro atoms. The van der Waals surface area contributed by atoms with E-state index in [1.54, 1.807) is 0 Å². The molecule has 3 nitrogen and oxygen atoms in total. The largest absolute Gasteiger partial charge is 0.369 e. The van der Waals surface area contributed by atoms with Crippen LogP contribution < -0.4 is 10.6 Å². The van der Waals surface area contributed by atoms with Gasteiger partial charge in [0.15, 0.2) is 0 Å². The average molecular weight is 310 g/mol. The van der Waals surface area contributed by atoms with E-state index in [4.69, 9.17) is 5.73 Å². The van der Waals surface area contributed by atoms with E-state index in [0.717, 1.165) is 17.1 Å². The molecule has 18 heavy (non-hydrogen) atoms. The molecule has 2 heterocycles. The number of nitrogens with two attached hydrogens (primary N) is 1. The molecule has 1 aromatic rings. The molecular formula is C14H20BrN3. The molecule has 0 aromatic heterocycles.